The minimum atomic E-state index is -0.589. The van der Waals surface area contributed by atoms with Gasteiger partial charge in [0.15, 0.2) is 0 Å². The number of fused-ring (bicyclic) bond motifs is 1. The van der Waals surface area contributed by atoms with Crippen molar-refractivity contribution in [2.24, 2.45) is 0 Å². The van der Waals surface area contributed by atoms with E-state index in [-0.39, 0.29) is 17.8 Å². The molecule has 2 aromatic carbocycles. The van der Waals surface area contributed by atoms with Gasteiger partial charge < -0.3 is 15.3 Å². The Balaban J connectivity index is 1.84. The van der Waals surface area contributed by atoms with Crippen LogP contribution in [0.15, 0.2) is 41.2 Å². The molecule has 0 aliphatic carbocycles. The van der Waals surface area contributed by atoms with Gasteiger partial charge in [0.25, 0.3) is 0 Å². The van der Waals surface area contributed by atoms with Crippen molar-refractivity contribution in [1.29, 1.82) is 0 Å². The first-order valence-corrected chi connectivity index (χ1v) is 6.02. The van der Waals surface area contributed by atoms with Gasteiger partial charge >= 0.3 is 5.69 Å². The molecule has 0 fully saturated rings. The van der Waals surface area contributed by atoms with Crippen molar-refractivity contribution in [3.8, 4) is 0 Å². The lowest BCUT2D eigenvalue weighted by molar-refractivity contribution is 0.560. The Morgan fingerprint density at radius 1 is 1.00 bits per heavy atom. The molecule has 20 heavy (non-hydrogen) atoms. The largest absolute Gasteiger partial charge is 0.381 e. The van der Waals surface area contributed by atoms with Gasteiger partial charge in [-0.1, -0.05) is 6.07 Å². The summed E-state index contributed by atoms with van der Waals surface area (Å²) in [5.41, 5.74) is 1.66. The Bertz CT molecular complexity index is 802. The lowest BCUT2D eigenvalue weighted by Gasteiger charge is -2.08. The van der Waals surface area contributed by atoms with Crippen molar-refractivity contribution in [2.75, 3.05) is 5.32 Å². The number of nitrogens with one attached hydrogen (secondary N) is 3. The van der Waals surface area contributed by atoms with Gasteiger partial charge in [0.05, 0.1) is 11.0 Å². The number of hydrogen-bond acceptors (Lipinski definition) is 2. The lowest BCUT2D eigenvalue weighted by Crippen LogP contribution is -2.04. The highest BCUT2D eigenvalue weighted by atomic mass is 19.1. The molecule has 3 N–H and O–H groups in total. The van der Waals surface area contributed by atoms with E-state index >= 15 is 0 Å². The van der Waals surface area contributed by atoms with Crippen LogP contribution < -0.4 is 11.0 Å². The van der Waals surface area contributed by atoms with Gasteiger partial charge in [-0.15, -0.1) is 0 Å². The maximum Gasteiger partial charge on any atom is 0.323 e. The second-order valence-corrected chi connectivity index (χ2v) is 4.39. The molecule has 1 heterocycles. The Kier molecular flexibility index (Phi) is 2.98. The van der Waals surface area contributed by atoms with E-state index in [0.29, 0.717) is 16.7 Å². The predicted octanol–water partition coefficient (Wildman–Crippen LogP) is 2.75. The molecule has 4 nitrogen and oxygen atoms in total. The molecule has 0 saturated heterocycles. The van der Waals surface area contributed by atoms with Crippen molar-refractivity contribution in [3.05, 3.63) is 64.1 Å². The Hall–Kier alpha value is -2.63. The third-order valence-corrected chi connectivity index (χ3v) is 3.05. The maximum atomic E-state index is 13.5. The number of benzene rings is 2. The van der Waals surface area contributed by atoms with Crippen molar-refractivity contribution < 1.29 is 8.78 Å². The molecule has 0 spiro atoms. The van der Waals surface area contributed by atoms with E-state index in [1.807, 2.05) is 0 Å². The van der Waals surface area contributed by atoms with E-state index < -0.39 is 11.6 Å². The molecule has 6 heteroatoms. The molecular weight excluding hydrogens is 264 g/mol. The number of aromatic nitrogens is 2. The van der Waals surface area contributed by atoms with Crippen LogP contribution in [0.5, 0.6) is 0 Å². The summed E-state index contributed by atoms with van der Waals surface area (Å²) < 4.78 is 27.0. The minimum absolute atomic E-state index is 0.0184. The number of halogens is 2. The number of H-pyrrole nitrogens is 2. The van der Waals surface area contributed by atoms with Gasteiger partial charge in [-0.3, -0.25) is 0 Å². The number of hydrogen-bond donors (Lipinski definition) is 3. The summed E-state index contributed by atoms with van der Waals surface area (Å²) >= 11 is 0. The molecule has 0 saturated carbocycles. The fourth-order valence-corrected chi connectivity index (χ4v) is 2.03. The van der Waals surface area contributed by atoms with E-state index in [0.717, 1.165) is 0 Å². The van der Waals surface area contributed by atoms with Crippen molar-refractivity contribution in [2.45, 2.75) is 6.54 Å². The summed E-state index contributed by atoms with van der Waals surface area (Å²) in [4.78, 5) is 16.4. The SMILES string of the molecule is O=c1[nH]c2ccc(NCc3c(F)cccc3F)cc2[nH]1. The molecule has 1 aromatic heterocycles. The number of imidazole rings is 1. The summed E-state index contributed by atoms with van der Waals surface area (Å²) in [6.07, 6.45) is 0. The van der Waals surface area contributed by atoms with Crippen molar-refractivity contribution >= 4 is 16.7 Å². The quantitative estimate of drug-likeness (QED) is 0.688. The topological polar surface area (TPSA) is 60.7 Å². The zero-order chi connectivity index (χ0) is 14.1. The first-order chi connectivity index (χ1) is 9.63. The van der Waals surface area contributed by atoms with Crippen LogP contribution in [-0.4, -0.2) is 9.97 Å². The van der Waals surface area contributed by atoms with Crippen LogP contribution in [-0.2, 0) is 6.54 Å². The summed E-state index contributed by atoms with van der Waals surface area (Å²) in [7, 11) is 0. The minimum Gasteiger partial charge on any atom is -0.381 e. The van der Waals surface area contributed by atoms with Crippen LogP contribution in [0, 0.1) is 11.6 Å². The van der Waals surface area contributed by atoms with E-state index in [9.17, 15) is 13.6 Å². The molecule has 0 aliphatic rings. The van der Waals surface area contributed by atoms with Gasteiger partial charge in [0.2, 0.25) is 0 Å². The zero-order valence-electron chi connectivity index (χ0n) is 10.3. The molecule has 0 unspecified atom stereocenters. The maximum absolute atomic E-state index is 13.5. The van der Waals surface area contributed by atoms with Crippen molar-refractivity contribution in [3.63, 3.8) is 0 Å². The van der Waals surface area contributed by atoms with Crippen LogP contribution in [0.3, 0.4) is 0 Å². The molecule has 0 bridgehead atoms. The Morgan fingerprint density at radius 2 is 1.70 bits per heavy atom. The number of rotatable bonds is 3. The van der Waals surface area contributed by atoms with Gasteiger partial charge in [-0.25, -0.2) is 13.6 Å². The van der Waals surface area contributed by atoms with Gasteiger partial charge in [-0.05, 0) is 30.3 Å². The van der Waals surface area contributed by atoms with E-state index in [4.69, 9.17) is 0 Å². The molecular formula is C14H11F2N3O. The molecule has 3 rings (SSSR count). The number of aromatic amines is 2. The third kappa shape index (κ3) is 2.27. The normalized spacial score (nSPS) is 10.9. The first-order valence-electron chi connectivity index (χ1n) is 6.02. The van der Waals surface area contributed by atoms with Gasteiger partial charge in [0, 0.05) is 17.8 Å². The second-order valence-electron chi connectivity index (χ2n) is 4.39. The highest BCUT2D eigenvalue weighted by Gasteiger charge is 2.08. The summed E-state index contributed by atoms with van der Waals surface area (Å²) in [6, 6.07) is 8.90. The molecule has 3 aromatic rings. The highest BCUT2D eigenvalue weighted by Crippen LogP contribution is 2.17. The van der Waals surface area contributed by atoms with Crippen LogP contribution in [0.4, 0.5) is 14.5 Å². The van der Waals surface area contributed by atoms with Crippen molar-refractivity contribution in [1.82, 2.24) is 9.97 Å². The lowest BCUT2D eigenvalue weighted by atomic mass is 10.2. The standard InChI is InChI=1S/C14H11F2N3O/c15-10-2-1-3-11(16)9(10)7-17-8-4-5-12-13(6-8)19-14(20)18-12/h1-6,17H,7H2,(H2,18,19,20). The summed E-state index contributed by atoms with van der Waals surface area (Å²) in [6.45, 7) is 0.0265. The second kappa shape index (κ2) is 4.80. The van der Waals surface area contributed by atoms with E-state index in [1.54, 1.807) is 18.2 Å². The van der Waals surface area contributed by atoms with E-state index in [2.05, 4.69) is 15.3 Å². The predicted molar refractivity (Wildman–Crippen MR) is 72.6 cm³/mol. The third-order valence-electron chi connectivity index (χ3n) is 3.05. The average molecular weight is 275 g/mol. The molecule has 0 radical (unpaired) electrons. The Morgan fingerprint density at radius 3 is 2.45 bits per heavy atom. The summed E-state index contributed by atoms with van der Waals surface area (Å²) in [5.74, 6) is -1.18. The van der Waals surface area contributed by atoms with Gasteiger partial charge in [0.1, 0.15) is 11.6 Å². The fourth-order valence-electron chi connectivity index (χ4n) is 2.03. The Labute approximate surface area is 112 Å². The van der Waals surface area contributed by atoms with Crippen LogP contribution >= 0.6 is 0 Å². The smallest absolute Gasteiger partial charge is 0.323 e. The fraction of sp³-hybridized carbons (Fsp3) is 0.0714. The van der Waals surface area contributed by atoms with Crippen LogP contribution in [0.1, 0.15) is 5.56 Å². The molecule has 0 aliphatic heterocycles. The van der Waals surface area contributed by atoms with Crippen LogP contribution in [0.2, 0.25) is 0 Å². The summed E-state index contributed by atoms with van der Waals surface area (Å²) in [5, 5.41) is 2.93. The van der Waals surface area contributed by atoms with Crippen LogP contribution in [0.25, 0.3) is 11.0 Å². The first kappa shape index (κ1) is 12.4. The molecule has 0 amide bonds. The highest BCUT2D eigenvalue weighted by molar-refractivity contribution is 5.78. The molecule has 0 atom stereocenters. The number of anilines is 1. The zero-order valence-corrected chi connectivity index (χ0v) is 10.3. The van der Waals surface area contributed by atoms with Gasteiger partial charge in [-0.2, -0.15) is 0 Å². The average Bonchev–Trinajstić information content (AvgIpc) is 2.77. The monoisotopic (exact) mass is 275 g/mol. The molecule has 102 valence electrons. The van der Waals surface area contributed by atoms with E-state index in [1.165, 1.54) is 18.2 Å².